The van der Waals surface area contributed by atoms with Gasteiger partial charge in [-0.25, -0.2) is 0 Å². The third-order valence-electron chi connectivity index (χ3n) is 11.6. The maximum atomic E-state index is 6.43. The van der Waals surface area contributed by atoms with E-state index in [-0.39, 0.29) is 0 Å². The van der Waals surface area contributed by atoms with Gasteiger partial charge in [0, 0.05) is 37.5 Å². The number of hydrogen-bond acceptors (Lipinski definition) is 3. The van der Waals surface area contributed by atoms with Crippen molar-refractivity contribution in [1.29, 1.82) is 0 Å². The minimum atomic E-state index is 0.894. The van der Waals surface area contributed by atoms with Crippen molar-refractivity contribution < 1.29 is 4.42 Å². The topological polar surface area (TPSA) is 16.4 Å². The van der Waals surface area contributed by atoms with Crippen LogP contribution in [0.15, 0.2) is 205 Å². The predicted octanol–water partition coefficient (Wildman–Crippen LogP) is 16.2. The van der Waals surface area contributed by atoms with Gasteiger partial charge in [-0.2, -0.15) is 0 Å². The molecule has 2 aromatic heterocycles. The Morgan fingerprint density at radius 1 is 0.351 bits per heavy atom. The summed E-state index contributed by atoms with van der Waals surface area (Å²) in [5.74, 6) is 0. The molecule has 0 aliphatic heterocycles. The minimum absolute atomic E-state index is 0.894. The molecule has 57 heavy (non-hydrogen) atoms. The molecule has 0 saturated heterocycles. The van der Waals surface area contributed by atoms with Gasteiger partial charge in [0.25, 0.3) is 0 Å². The van der Waals surface area contributed by atoms with Crippen molar-refractivity contribution in [2.24, 2.45) is 0 Å². The Hall–Kier alpha value is -7.20. The van der Waals surface area contributed by atoms with Gasteiger partial charge in [-0.15, -0.1) is 11.3 Å². The van der Waals surface area contributed by atoms with Crippen LogP contribution in [-0.4, -0.2) is 0 Å². The van der Waals surface area contributed by atoms with Gasteiger partial charge in [0.05, 0.1) is 16.1 Å². The van der Waals surface area contributed by atoms with E-state index in [0.29, 0.717) is 0 Å². The second-order valence-electron chi connectivity index (χ2n) is 14.9. The van der Waals surface area contributed by atoms with E-state index in [1.54, 1.807) is 0 Å². The normalized spacial score (nSPS) is 11.9. The van der Waals surface area contributed by atoms with E-state index in [9.17, 15) is 0 Å². The van der Waals surface area contributed by atoms with Crippen LogP contribution in [0.25, 0.3) is 96.7 Å². The van der Waals surface area contributed by atoms with Crippen molar-refractivity contribution in [2.75, 3.05) is 4.90 Å². The molecule has 0 atom stereocenters. The van der Waals surface area contributed by atoms with E-state index in [2.05, 4.69) is 205 Å². The second-order valence-corrected chi connectivity index (χ2v) is 15.9. The number of furan rings is 1. The van der Waals surface area contributed by atoms with Crippen LogP contribution < -0.4 is 4.90 Å². The number of benzene rings is 10. The molecule has 0 N–H and O–H groups in total. The molecule has 3 heteroatoms. The summed E-state index contributed by atoms with van der Waals surface area (Å²) >= 11 is 1.86. The quantitative estimate of drug-likeness (QED) is 0.163. The second kappa shape index (κ2) is 12.7. The standard InChI is InChI=1S/C54H33NOS/c1-2-12-37-33-52-48(31-36(37)11-1)47-32-40(25-29-51(47)56-52)44-14-5-7-17-49(44)55(50-18-9-16-46-45-15-6-8-19-53(45)57-54(46)50)41-26-22-34(23-27-41)38-24-28-43-39(30-38)21-20-35-10-3-4-13-42(35)43/h1-33H. The van der Waals surface area contributed by atoms with E-state index in [1.807, 2.05) is 11.3 Å². The molecular weight excluding hydrogens is 711 g/mol. The highest BCUT2D eigenvalue weighted by Gasteiger charge is 2.22. The Kier molecular flexibility index (Phi) is 7.13. The van der Waals surface area contributed by atoms with Gasteiger partial charge in [-0.05, 0) is 110 Å². The number of rotatable bonds is 5. The molecule has 0 aliphatic carbocycles. The highest BCUT2D eigenvalue weighted by Crippen LogP contribution is 2.48. The number of anilines is 3. The molecule has 266 valence electrons. The Morgan fingerprint density at radius 2 is 1.00 bits per heavy atom. The van der Waals surface area contributed by atoms with Crippen molar-refractivity contribution in [2.45, 2.75) is 0 Å². The molecule has 0 saturated carbocycles. The fourth-order valence-electron chi connectivity index (χ4n) is 8.85. The lowest BCUT2D eigenvalue weighted by molar-refractivity contribution is 0.669. The third kappa shape index (κ3) is 5.17. The van der Waals surface area contributed by atoms with Gasteiger partial charge in [0.2, 0.25) is 0 Å². The molecule has 2 nitrogen and oxygen atoms in total. The zero-order valence-electron chi connectivity index (χ0n) is 30.8. The summed E-state index contributed by atoms with van der Waals surface area (Å²) < 4.78 is 8.98. The van der Waals surface area contributed by atoms with Crippen LogP contribution in [0, 0.1) is 0 Å². The summed E-state index contributed by atoms with van der Waals surface area (Å²) in [6.07, 6.45) is 0. The number of nitrogens with zero attached hydrogens (tertiary/aromatic N) is 1. The smallest absolute Gasteiger partial charge is 0.136 e. The fourth-order valence-corrected chi connectivity index (χ4v) is 10.1. The van der Waals surface area contributed by atoms with Gasteiger partial charge in [-0.3, -0.25) is 0 Å². The maximum Gasteiger partial charge on any atom is 0.136 e. The van der Waals surface area contributed by atoms with Gasteiger partial charge in [0.1, 0.15) is 11.2 Å². The average molecular weight is 744 g/mol. The molecule has 0 fully saturated rings. The first-order valence-corrected chi connectivity index (χ1v) is 20.2. The largest absolute Gasteiger partial charge is 0.456 e. The average Bonchev–Trinajstić information content (AvgIpc) is 3.84. The molecule has 2 heterocycles. The van der Waals surface area contributed by atoms with Crippen molar-refractivity contribution in [3.05, 3.63) is 200 Å². The SMILES string of the molecule is c1ccc(N(c2ccc(-c3ccc4c(ccc5ccccc54)c3)cc2)c2cccc3c2sc2ccccc23)c(-c2ccc3oc4cc5ccccc5cc4c3c2)c1. The predicted molar refractivity (Wildman–Crippen MR) is 245 cm³/mol. The van der Waals surface area contributed by atoms with Crippen molar-refractivity contribution in [3.63, 3.8) is 0 Å². The summed E-state index contributed by atoms with van der Waals surface area (Å²) in [5.41, 5.74) is 9.87. The number of para-hydroxylation sites is 1. The highest BCUT2D eigenvalue weighted by atomic mass is 32.1. The van der Waals surface area contributed by atoms with Gasteiger partial charge >= 0.3 is 0 Å². The molecule has 0 unspecified atom stereocenters. The van der Waals surface area contributed by atoms with Crippen LogP contribution >= 0.6 is 11.3 Å². The first-order valence-electron chi connectivity index (χ1n) is 19.4. The molecule has 12 rings (SSSR count). The summed E-state index contributed by atoms with van der Waals surface area (Å²) in [6, 6.07) is 72.9. The molecule has 0 aliphatic rings. The molecule has 0 amide bonds. The minimum Gasteiger partial charge on any atom is -0.456 e. The molecule has 0 spiro atoms. The first-order chi connectivity index (χ1) is 28.2. The number of fused-ring (bicyclic) bond motifs is 10. The van der Waals surface area contributed by atoms with E-state index < -0.39 is 0 Å². The zero-order chi connectivity index (χ0) is 37.5. The zero-order valence-corrected chi connectivity index (χ0v) is 31.6. The fraction of sp³-hybridized carbons (Fsp3) is 0. The summed E-state index contributed by atoms with van der Waals surface area (Å²) in [6.45, 7) is 0. The molecular formula is C54H33NOS. The van der Waals surface area contributed by atoms with Crippen molar-refractivity contribution in [3.8, 4) is 22.3 Å². The van der Waals surface area contributed by atoms with Gasteiger partial charge < -0.3 is 9.32 Å². The monoisotopic (exact) mass is 743 g/mol. The Bertz CT molecular complexity index is 3540. The molecule has 12 aromatic rings. The Labute approximate surface area is 333 Å². The lowest BCUT2D eigenvalue weighted by Gasteiger charge is -2.28. The van der Waals surface area contributed by atoms with Crippen molar-refractivity contribution >= 4 is 103 Å². The van der Waals surface area contributed by atoms with E-state index in [0.717, 1.165) is 50.1 Å². The van der Waals surface area contributed by atoms with Crippen LogP contribution in [0.5, 0.6) is 0 Å². The maximum absolute atomic E-state index is 6.43. The lowest BCUT2D eigenvalue weighted by Crippen LogP contribution is -2.11. The summed E-state index contributed by atoms with van der Waals surface area (Å²) in [5, 5.41) is 12.3. The van der Waals surface area contributed by atoms with Gasteiger partial charge in [-0.1, -0.05) is 140 Å². The van der Waals surface area contributed by atoms with Crippen LogP contribution in [0.4, 0.5) is 17.1 Å². The van der Waals surface area contributed by atoms with Crippen LogP contribution in [0.3, 0.4) is 0 Å². The van der Waals surface area contributed by atoms with Crippen LogP contribution in [0.2, 0.25) is 0 Å². The van der Waals surface area contributed by atoms with Crippen LogP contribution in [-0.2, 0) is 0 Å². The molecule has 10 aromatic carbocycles. The van der Waals surface area contributed by atoms with Crippen molar-refractivity contribution in [1.82, 2.24) is 0 Å². The lowest BCUT2D eigenvalue weighted by atomic mass is 9.97. The first kappa shape index (κ1) is 32.1. The van der Waals surface area contributed by atoms with Crippen LogP contribution in [0.1, 0.15) is 0 Å². The third-order valence-corrected chi connectivity index (χ3v) is 12.8. The molecule has 0 bridgehead atoms. The van der Waals surface area contributed by atoms with E-state index >= 15 is 0 Å². The van der Waals surface area contributed by atoms with E-state index in [4.69, 9.17) is 4.42 Å². The molecule has 0 radical (unpaired) electrons. The summed E-state index contributed by atoms with van der Waals surface area (Å²) in [4.78, 5) is 2.45. The Balaban J connectivity index is 1.03. The van der Waals surface area contributed by atoms with E-state index in [1.165, 1.54) is 63.6 Å². The number of thiophene rings is 1. The highest BCUT2D eigenvalue weighted by molar-refractivity contribution is 7.26. The number of hydrogen-bond donors (Lipinski definition) is 0. The summed E-state index contributed by atoms with van der Waals surface area (Å²) in [7, 11) is 0. The van der Waals surface area contributed by atoms with Gasteiger partial charge in [0.15, 0.2) is 0 Å². The Morgan fingerprint density at radius 3 is 1.89 bits per heavy atom.